The molecule has 12 heteroatoms. The van der Waals surface area contributed by atoms with E-state index in [1.807, 2.05) is 6.92 Å². The van der Waals surface area contributed by atoms with Crippen LogP contribution < -0.4 is 9.54 Å². The van der Waals surface area contributed by atoms with E-state index in [1.54, 1.807) is 16.7 Å². The van der Waals surface area contributed by atoms with Crippen molar-refractivity contribution in [1.82, 2.24) is 4.57 Å². The van der Waals surface area contributed by atoms with Crippen molar-refractivity contribution in [2.45, 2.75) is 13.5 Å². The van der Waals surface area contributed by atoms with Gasteiger partial charge in [-0.05, 0) is 19.1 Å². The number of aryl methyl sites for hydroxylation is 1. The molecule has 2 heterocycles. The highest BCUT2D eigenvalue weighted by Gasteiger charge is 2.19. The number of carbonyl (C=O) groups excluding carboxylic acids is 1. The third-order valence-corrected chi connectivity index (χ3v) is 6.72. The summed E-state index contributed by atoms with van der Waals surface area (Å²) in [5, 5.41) is 22.8. The van der Waals surface area contributed by atoms with Gasteiger partial charge in [-0.3, -0.25) is 25.0 Å². The number of methoxy groups -OCH3 is 1. The standard InChI is InChI=1S/C19H14N4O6S2/c1-3-21-17-13(29-2)8-12(23(27)28)9-15(17)31-19(21)20-18(24)16-7-10-6-11(22(25)26)4-5-14(10)30-16/h4-9H,3H2,1-2H3. The van der Waals surface area contributed by atoms with Gasteiger partial charge in [-0.25, -0.2) is 0 Å². The Labute approximate surface area is 181 Å². The van der Waals surface area contributed by atoms with E-state index < -0.39 is 15.8 Å². The third kappa shape index (κ3) is 3.66. The molecule has 158 valence electrons. The van der Waals surface area contributed by atoms with Crippen molar-refractivity contribution in [2.24, 2.45) is 4.99 Å². The summed E-state index contributed by atoms with van der Waals surface area (Å²) < 4.78 is 8.41. The molecule has 0 aliphatic carbocycles. The van der Waals surface area contributed by atoms with E-state index in [-0.39, 0.29) is 11.4 Å². The van der Waals surface area contributed by atoms with Crippen molar-refractivity contribution in [3.8, 4) is 5.75 Å². The number of aromatic nitrogens is 1. The molecule has 0 aliphatic rings. The number of hydrogen-bond acceptors (Lipinski definition) is 8. The molecular weight excluding hydrogens is 444 g/mol. The predicted octanol–water partition coefficient (Wildman–Crippen LogP) is 4.50. The van der Waals surface area contributed by atoms with Gasteiger partial charge in [0.2, 0.25) is 0 Å². The lowest BCUT2D eigenvalue weighted by Crippen LogP contribution is -2.16. The monoisotopic (exact) mass is 458 g/mol. The highest BCUT2D eigenvalue weighted by atomic mass is 32.1. The SMILES string of the molecule is CCn1c(=NC(=O)c2cc3cc([N+](=O)[O-])ccc3s2)sc2cc([N+](=O)[O-])cc(OC)c21. The summed E-state index contributed by atoms with van der Waals surface area (Å²) in [6.07, 6.45) is 0. The molecule has 31 heavy (non-hydrogen) atoms. The summed E-state index contributed by atoms with van der Waals surface area (Å²) in [7, 11) is 1.43. The Morgan fingerprint density at radius 2 is 1.81 bits per heavy atom. The maximum Gasteiger partial charge on any atom is 0.289 e. The Hall–Kier alpha value is -3.64. The van der Waals surface area contributed by atoms with Crippen LogP contribution in [0.1, 0.15) is 16.6 Å². The van der Waals surface area contributed by atoms with Gasteiger partial charge >= 0.3 is 0 Å². The summed E-state index contributed by atoms with van der Waals surface area (Å²) in [6, 6.07) is 8.75. The fourth-order valence-electron chi connectivity index (χ4n) is 3.19. The van der Waals surface area contributed by atoms with Crippen LogP contribution >= 0.6 is 22.7 Å². The second-order valence-corrected chi connectivity index (χ2v) is 8.48. The van der Waals surface area contributed by atoms with Gasteiger partial charge < -0.3 is 9.30 Å². The van der Waals surface area contributed by atoms with Crippen molar-refractivity contribution < 1.29 is 19.4 Å². The van der Waals surface area contributed by atoms with E-state index in [2.05, 4.69) is 4.99 Å². The van der Waals surface area contributed by atoms with E-state index in [1.165, 1.54) is 42.7 Å². The van der Waals surface area contributed by atoms with Crippen LogP contribution in [0.25, 0.3) is 20.3 Å². The number of thiophene rings is 1. The van der Waals surface area contributed by atoms with Crippen LogP contribution in [0.15, 0.2) is 41.4 Å². The number of amides is 1. The second kappa shape index (κ2) is 7.89. The first-order valence-corrected chi connectivity index (χ1v) is 10.6. The third-order valence-electron chi connectivity index (χ3n) is 4.59. The summed E-state index contributed by atoms with van der Waals surface area (Å²) >= 11 is 2.35. The number of non-ortho nitro benzene ring substituents is 2. The molecule has 0 fully saturated rings. The number of benzene rings is 2. The lowest BCUT2D eigenvalue weighted by molar-refractivity contribution is -0.384. The van der Waals surface area contributed by atoms with Crippen LogP contribution in [0, 0.1) is 20.2 Å². The maximum absolute atomic E-state index is 12.8. The van der Waals surface area contributed by atoms with E-state index in [0.717, 1.165) is 16.0 Å². The fraction of sp³-hybridized carbons (Fsp3) is 0.158. The number of nitrogens with zero attached hydrogens (tertiary/aromatic N) is 4. The number of nitro groups is 2. The van der Waals surface area contributed by atoms with Gasteiger partial charge in [-0.2, -0.15) is 4.99 Å². The first kappa shape index (κ1) is 20.6. The lowest BCUT2D eigenvalue weighted by Gasteiger charge is -2.06. The van der Waals surface area contributed by atoms with Crippen molar-refractivity contribution >= 4 is 60.3 Å². The zero-order chi connectivity index (χ0) is 22.3. The number of nitro benzene ring substituents is 2. The molecule has 4 rings (SSSR count). The first-order chi connectivity index (χ1) is 14.8. The molecule has 0 aliphatic heterocycles. The predicted molar refractivity (Wildman–Crippen MR) is 117 cm³/mol. The van der Waals surface area contributed by atoms with Gasteiger partial charge in [0.25, 0.3) is 17.3 Å². The Bertz CT molecular complexity index is 1450. The lowest BCUT2D eigenvalue weighted by atomic mass is 10.2. The molecule has 10 nitrogen and oxygen atoms in total. The summed E-state index contributed by atoms with van der Waals surface area (Å²) in [6.45, 7) is 2.34. The minimum Gasteiger partial charge on any atom is -0.494 e. The molecule has 2 aromatic heterocycles. The van der Waals surface area contributed by atoms with E-state index in [9.17, 15) is 25.0 Å². The molecule has 0 atom stereocenters. The number of hydrogen-bond donors (Lipinski definition) is 0. The zero-order valence-corrected chi connectivity index (χ0v) is 17.9. The smallest absolute Gasteiger partial charge is 0.289 e. The van der Waals surface area contributed by atoms with E-state index >= 15 is 0 Å². The normalized spacial score (nSPS) is 11.9. The van der Waals surface area contributed by atoms with E-state index in [4.69, 9.17) is 4.74 Å². The van der Waals surface area contributed by atoms with Crippen LogP contribution in [-0.2, 0) is 6.54 Å². The average Bonchev–Trinajstić information content (AvgIpc) is 3.32. The van der Waals surface area contributed by atoms with Crippen LogP contribution in [0.5, 0.6) is 5.75 Å². The van der Waals surface area contributed by atoms with Gasteiger partial charge in [-0.15, -0.1) is 11.3 Å². The van der Waals surface area contributed by atoms with Crippen LogP contribution in [0.2, 0.25) is 0 Å². The number of thiazole rings is 1. The number of carbonyl (C=O) groups is 1. The maximum atomic E-state index is 12.8. The molecule has 0 spiro atoms. The quantitative estimate of drug-likeness (QED) is 0.320. The molecule has 1 amide bonds. The minimum atomic E-state index is -0.504. The Morgan fingerprint density at radius 1 is 1.06 bits per heavy atom. The fourth-order valence-corrected chi connectivity index (χ4v) is 5.26. The number of ether oxygens (including phenoxy) is 1. The highest BCUT2D eigenvalue weighted by Crippen LogP contribution is 2.33. The van der Waals surface area contributed by atoms with Crippen LogP contribution in [-0.4, -0.2) is 27.4 Å². The number of rotatable bonds is 5. The molecule has 0 unspecified atom stereocenters. The molecular formula is C19H14N4O6S2. The topological polar surface area (TPSA) is 130 Å². The largest absolute Gasteiger partial charge is 0.494 e. The van der Waals surface area contributed by atoms with Crippen molar-refractivity contribution in [3.63, 3.8) is 0 Å². The Balaban J connectivity index is 1.85. The first-order valence-electron chi connectivity index (χ1n) is 8.95. The van der Waals surface area contributed by atoms with Gasteiger partial charge in [0, 0.05) is 34.8 Å². The molecule has 0 radical (unpaired) electrons. The second-order valence-electron chi connectivity index (χ2n) is 6.39. The van der Waals surface area contributed by atoms with Crippen LogP contribution in [0.4, 0.5) is 11.4 Å². The molecule has 0 bridgehead atoms. The van der Waals surface area contributed by atoms with Crippen molar-refractivity contribution in [3.05, 3.63) is 66.3 Å². The molecule has 4 aromatic rings. The van der Waals surface area contributed by atoms with Gasteiger partial charge in [0.15, 0.2) is 10.6 Å². The summed E-state index contributed by atoms with van der Waals surface area (Å²) in [4.78, 5) is 39.0. The van der Waals surface area contributed by atoms with E-state index in [0.29, 0.717) is 37.6 Å². The molecule has 2 aromatic carbocycles. The van der Waals surface area contributed by atoms with Gasteiger partial charge in [0.1, 0.15) is 5.52 Å². The average molecular weight is 458 g/mol. The van der Waals surface area contributed by atoms with Crippen molar-refractivity contribution in [1.29, 1.82) is 0 Å². The van der Waals surface area contributed by atoms with Gasteiger partial charge in [-0.1, -0.05) is 11.3 Å². The molecule has 0 N–H and O–H groups in total. The summed E-state index contributed by atoms with van der Waals surface area (Å²) in [5.41, 5.74) is 0.459. The Morgan fingerprint density at radius 3 is 2.45 bits per heavy atom. The zero-order valence-electron chi connectivity index (χ0n) is 16.2. The van der Waals surface area contributed by atoms with Gasteiger partial charge in [0.05, 0.1) is 32.6 Å². The molecule has 0 saturated carbocycles. The van der Waals surface area contributed by atoms with Crippen molar-refractivity contribution in [2.75, 3.05) is 7.11 Å². The van der Waals surface area contributed by atoms with Crippen LogP contribution in [0.3, 0.4) is 0 Å². The molecule has 0 saturated heterocycles. The Kier molecular flexibility index (Phi) is 5.25. The highest BCUT2D eigenvalue weighted by molar-refractivity contribution is 7.21. The number of fused-ring (bicyclic) bond motifs is 2. The minimum absolute atomic E-state index is 0.0525. The summed E-state index contributed by atoms with van der Waals surface area (Å²) in [5.74, 6) is -0.170.